The highest BCUT2D eigenvalue weighted by molar-refractivity contribution is 5.92. The molecule has 0 radical (unpaired) electrons. The monoisotopic (exact) mass is 327 g/mol. The smallest absolute Gasteiger partial charge is 0.306 e. The molecule has 0 atom stereocenters. The molecule has 2 rings (SSSR count). The molecule has 5 nitrogen and oxygen atoms in total. The Bertz CT molecular complexity index is 653. The fourth-order valence-electron chi connectivity index (χ4n) is 1.98. The number of para-hydroxylation sites is 1. The molecule has 126 valence electrons. The summed E-state index contributed by atoms with van der Waals surface area (Å²) in [6, 6.07) is 16.7. The van der Waals surface area contributed by atoms with E-state index in [1.54, 1.807) is 12.1 Å². The molecule has 0 aliphatic carbocycles. The first-order valence-electron chi connectivity index (χ1n) is 7.83. The standard InChI is InChI=1S/C19H21NO4/c1-15-9-11-17(12-10-15)23-13-5-8-19(22)24-14-18(21)20-16-6-3-2-4-7-16/h2-4,6-7,9-12H,5,8,13-14H2,1H3,(H,20,21). The summed E-state index contributed by atoms with van der Waals surface area (Å²) in [7, 11) is 0. The highest BCUT2D eigenvalue weighted by atomic mass is 16.5. The Morgan fingerprint density at radius 2 is 1.71 bits per heavy atom. The van der Waals surface area contributed by atoms with Crippen LogP contribution < -0.4 is 10.1 Å². The molecule has 0 spiro atoms. The van der Waals surface area contributed by atoms with E-state index >= 15 is 0 Å². The number of carbonyl (C=O) groups is 2. The second-order valence-corrected chi connectivity index (χ2v) is 5.34. The molecule has 2 aromatic rings. The van der Waals surface area contributed by atoms with E-state index in [-0.39, 0.29) is 18.9 Å². The SMILES string of the molecule is Cc1ccc(OCCCC(=O)OCC(=O)Nc2ccccc2)cc1. The van der Waals surface area contributed by atoms with Gasteiger partial charge in [0.25, 0.3) is 5.91 Å². The number of hydrogen-bond acceptors (Lipinski definition) is 4. The van der Waals surface area contributed by atoms with Gasteiger partial charge in [-0.05, 0) is 37.6 Å². The van der Waals surface area contributed by atoms with E-state index in [0.29, 0.717) is 18.7 Å². The van der Waals surface area contributed by atoms with Crippen molar-refractivity contribution in [3.8, 4) is 5.75 Å². The highest BCUT2D eigenvalue weighted by Crippen LogP contribution is 2.12. The Hall–Kier alpha value is -2.82. The molecule has 24 heavy (non-hydrogen) atoms. The molecule has 5 heteroatoms. The first-order chi connectivity index (χ1) is 11.6. The van der Waals surface area contributed by atoms with Crippen molar-refractivity contribution in [3.05, 3.63) is 60.2 Å². The molecule has 0 heterocycles. The lowest BCUT2D eigenvalue weighted by Crippen LogP contribution is -2.21. The predicted octanol–water partition coefficient (Wildman–Crippen LogP) is 3.34. The third kappa shape index (κ3) is 6.52. The van der Waals surface area contributed by atoms with Crippen molar-refractivity contribution in [2.45, 2.75) is 19.8 Å². The van der Waals surface area contributed by atoms with Gasteiger partial charge >= 0.3 is 5.97 Å². The molecule has 2 aromatic carbocycles. The number of nitrogens with one attached hydrogen (secondary N) is 1. The Morgan fingerprint density at radius 1 is 1.00 bits per heavy atom. The molecule has 0 aliphatic heterocycles. The van der Waals surface area contributed by atoms with Gasteiger partial charge in [-0.15, -0.1) is 0 Å². The van der Waals surface area contributed by atoms with Crippen LogP contribution in [0.3, 0.4) is 0 Å². The Morgan fingerprint density at radius 3 is 2.42 bits per heavy atom. The minimum Gasteiger partial charge on any atom is -0.494 e. The number of hydrogen-bond donors (Lipinski definition) is 1. The molecule has 0 aromatic heterocycles. The highest BCUT2D eigenvalue weighted by Gasteiger charge is 2.08. The van der Waals surface area contributed by atoms with Gasteiger partial charge in [-0.3, -0.25) is 9.59 Å². The lowest BCUT2D eigenvalue weighted by atomic mass is 10.2. The number of benzene rings is 2. The average Bonchev–Trinajstić information content (AvgIpc) is 2.59. The van der Waals surface area contributed by atoms with E-state index in [4.69, 9.17) is 9.47 Å². The van der Waals surface area contributed by atoms with Crippen LogP contribution in [0, 0.1) is 6.92 Å². The van der Waals surface area contributed by atoms with Gasteiger partial charge in [0.15, 0.2) is 6.61 Å². The van der Waals surface area contributed by atoms with Crippen molar-refractivity contribution in [1.29, 1.82) is 0 Å². The summed E-state index contributed by atoms with van der Waals surface area (Å²) in [5, 5.41) is 2.65. The van der Waals surface area contributed by atoms with Crippen LogP contribution >= 0.6 is 0 Å². The van der Waals surface area contributed by atoms with Crippen LogP contribution in [0.5, 0.6) is 5.75 Å². The topological polar surface area (TPSA) is 64.6 Å². The molecule has 1 amide bonds. The molecule has 0 saturated heterocycles. The minimum absolute atomic E-state index is 0.213. The second-order valence-electron chi connectivity index (χ2n) is 5.34. The molecular formula is C19H21NO4. The summed E-state index contributed by atoms with van der Waals surface area (Å²) in [6.07, 6.45) is 0.748. The number of anilines is 1. The van der Waals surface area contributed by atoms with Crippen LogP contribution in [-0.2, 0) is 14.3 Å². The van der Waals surface area contributed by atoms with E-state index < -0.39 is 5.97 Å². The summed E-state index contributed by atoms with van der Waals surface area (Å²) in [5.74, 6) is 0.00683. The maximum absolute atomic E-state index is 11.6. The van der Waals surface area contributed by atoms with Crippen molar-refractivity contribution in [3.63, 3.8) is 0 Å². The van der Waals surface area contributed by atoms with Gasteiger partial charge < -0.3 is 14.8 Å². The van der Waals surface area contributed by atoms with Crippen molar-refractivity contribution < 1.29 is 19.1 Å². The number of amides is 1. The summed E-state index contributed by atoms with van der Waals surface area (Å²) in [4.78, 5) is 23.2. The lowest BCUT2D eigenvalue weighted by Gasteiger charge is -2.07. The largest absolute Gasteiger partial charge is 0.494 e. The van der Waals surface area contributed by atoms with Gasteiger partial charge in [0, 0.05) is 12.1 Å². The summed E-state index contributed by atoms with van der Waals surface area (Å²) in [6.45, 7) is 2.15. The van der Waals surface area contributed by atoms with Crippen LogP contribution in [0.4, 0.5) is 5.69 Å². The van der Waals surface area contributed by atoms with Gasteiger partial charge in [-0.1, -0.05) is 35.9 Å². The quantitative estimate of drug-likeness (QED) is 0.596. The average molecular weight is 327 g/mol. The molecule has 1 N–H and O–H groups in total. The van der Waals surface area contributed by atoms with Crippen molar-refractivity contribution >= 4 is 17.6 Å². The number of carbonyl (C=O) groups excluding carboxylic acids is 2. The molecule has 0 fully saturated rings. The minimum atomic E-state index is -0.411. The normalized spacial score (nSPS) is 10.0. The van der Waals surface area contributed by atoms with Crippen LogP contribution in [0.2, 0.25) is 0 Å². The fourth-order valence-corrected chi connectivity index (χ4v) is 1.98. The molecule has 0 unspecified atom stereocenters. The number of ether oxygens (including phenoxy) is 2. The summed E-state index contributed by atoms with van der Waals surface area (Å²) >= 11 is 0. The van der Waals surface area contributed by atoms with Crippen molar-refractivity contribution in [1.82, 2.24) is 0 Å². The predicted molar refractivity (Wildman–Crippen MR) is 91.9 cm³/mol. The molecule has 0 bridgehead atoms. The molecular weight excluding hydrogens is 306 g/mol. The first kappa shape index (κ1) is 17.5. The van der Waals surface area contributed by atoms with E-state index in [2.05, 4.69) is 5.32 Å². The maximum atomic E-state index is 11.6. The van der Waals surface area contributed by atoms with E-state index in [1.807, 2.05) is 49.4 Å². The van der Waals surface area contributed by atoms with Crippen LogP contribution in [0.25, 0.3) is 0 Å². The second kappa shape index (κ2) is 9.35. The van der Waals surface area contributed by atoms with Gasteiger partial charge in [0.1, 0.15) is 5.75 Å². The van der Waals surface area contributed by atoms with Crippen LogP contribution in [0.1, 0.15) is 18.4 Å². The zero-order valence-electron chi connectivity index (χ0n) is 13.7. The molecule has 0 saturated carbocycles. The zero-order chi connectivity index (χ0) is 17.2. The molecule has 0 aliphatic rings. The maximum Gasteiger partial charge on any atom is 0.306 e. The zero-order valence-corrected chi connectivity index (χ0v) is 13.7. The summed E-state index contributed by atoms with van der Waals surface area (Å²) in [5.41, 5.74) is 1.84. The van der Waals surface area contributed by atoms with Crippen molar-refractivity contribution in [2.75, 3.05) is 18.5 Å². The number of aryl methyl sites for hydroxylation is 1. The Balaban J connectivity index is 1.58. The Labute approximate surface area is 141 Å². The van der Waals surface area contributed by atoms with Gasteiger partial charge in [-0.2, -0.15) is 0 Å². The van der Waals surface area contributed by atoms with Gasteiger partial charge in [-0.25, -0.2) is 0 Å². The van der Waals surface area contributed by atoms with Crippen molar-refractivity contribution in [2.24, 2.45) is 0 Å². The fraction of sp³-hybridized carbons (Fsp3) is 0.263. The number of esters is 1. The van der Waals surface area contributed by atoms with Gasteiger partial charge in [0.2, 0.25) is 0 Å². The van der Waals surface area contributed by atoms with Gasteiger partial charge in [0.05, 0.1) is 6.61 Å². The van der Waals surface area contributed by atoms with E-state index in [9.17, 15) is 9.59 Å². The van der Waals surface area contributed by atoms with E-state index in [0.717, 1.165) is 5.75 Å². The lowest BCUT2D eigenvalue weighted by molar-refractivity contribution is -0.147. The summed E-state index contributed by atoms with van der Waals surface area (Å²) < 4.78 is 10.5. The third-order valence-electron chi connectivity index (χ3n) is 3.24. The van der Waals surface area contributed by atoms with Crippen LogP contribution in [-0.4, -0.2) is 25.1 Å². The Kier molecular flexibility index (Phi) is 6.83. The first-order valence-corrected chi connectivity index (χ1v) is 7.83. The number of rotatable bonds is 8. The van der Waals surface area contributed by atoms with E-state index in [1.165, 1.54) is 5.56 Å². The van der Waals surface area contributed by atoms with Crippen LogP contribution in [0.15, 0.2) is 54.6 Å². The third-order valence-corrected chi connectivity index (χ3v) is 3.24.